The monoisotopic (exact) mass is 532 g/mol. The third-order valence-corrected chi connectivity index (χ3v) is 7.63. The summed E-state index contributed by atoms with van der Waals surface area (Å²) in [6.07, 6.45) is 1.03. The van der Waals surface area contributed by atoms with Gasteiger partial charge in [0.05, 0.1) is 23.4 Å². The summed E-state index contributed by atoms with van der Waals surface area (Å²) >= 11 is 7.44. The number of nitrogens with zero attached hydrogens (tertiary/aromatic N) is 4. The number of rotatable bonds is 8. The number of benzene rings is 1. The van der Waals surface area contributed by atoms with E-state index in [1.54, 1.807) is 45.2 Å². The summed E-state index contributed by atoms with van der Waals surface area (Å²) in [5.41, 5.74) is 0.256. The van der Waals surface area contributed by atoms with E-state index in [2.05, 4.69) is 30.4 Å². The lowest BCUT2D eigenvalue weighted by molar-refractivity contribution is -0.00347. The van der Waals surface area contributed by atoms with Gasteiger partial charge >= 0.3 is 5.97 Å². The maximum absolute atomic E-state index is 12.7. The summed E-state index contributed by atoms with van der Waals surface area (Å²) in [7, 11) is 1.62. The molecule has 0 saturated carbocycles. The number of aromatic amines is 1. The lowest BCUT2D eigenvalue weighted by atomic mass is 10.0. The number of amides is 1. The van der Waals surface area contributed by atoms with Crippen LogP contribution in [-0.2, 0) is 21.5 Å². The first-order valence-corrected chi connectivity index (χ1v) is 12.9. The number of aromatic nitrogens is 4. The van der Waals surface area contributed by atoms with Crippen LogP contribution in [0.1, 0.15) is 58.9 Å². The van der Waals surface area contributed by atoms with E-state index in [1.165, 1.54) is 11.3 Å². The fourth-order valence-electron chi connectivity index (χ4n) is 3.96. The third kappa shape index (κ3) is 5.69. The molecule has 192 valence electrons. The largest absolute Gasteiger partial charge is 0.449 e. The standard InChI is InChI=1S/C24H29ClN6O4S/c1-5-15-18(25)28-19(26-15)20(32)27-16-11-12-31(13-17(16)34-4)23-30-29-22(36-23)24(2,3)35-21(33)14-9-7-6-8-10-14/h6-10,16-17H,5,11-13H2,1-4H3,(H,26,28)(H,27,32). The molecule has 2 atom stereocenters. The lowest BCUT2D eigenvalue weighted by Crippen LogP contribution is -2.55. The minimum atomic E-state index is -0.947. The van der Waals surface area contributed by atoms with Crippen LogP contribution < -0.4 is 10.2 Å². The van der Waals surface area contributed by atoms with Crippen molar-refractivity contribution < 1.29 is 19.1 Å². The van der Waals surface area contributed by atoms with Crippen LogP contribution in [0, 0.1) is 0 Å². The molecule has 1 fully saturated rings. The van der Waals surface area contributed by atoms with Gasteiger partial charge in [-0.15, -0.1) is 10.2 Å². The second kappa shape index (κ2) is 10.9. The molecule has 0 bridgehead atoms. The van der Waals surface area contributed by atoms with Gasteiger partial charge < -0.3 is 24.7 Å². The normalized spacial score (nSPS) is 18.2. The van der Waals surface area contributed by atoms with E-state index in [4.69, 9.17) is 21.1 Å². The number of halogens is 1. The van der Waals surface area contributed by atoms with Crippen molar-refractivity contribution >= 4 is 39.9 Å². The SMILES string of the molecule is CCc1[nH]c(C(=O)NC2CCN(c3nnc(C(C)(C)OC(=O)c4ccccc4)s3)CC2OC)nc1Cl. The molecule has 2 aromatic heterocycles. The maximum atomic E-state index is 12.7. The van der Waals surface area contributed by atoms with Crippen molar-refractivity contribution in [3.8, 4) is 0 Å². The van der Waals surface area contributed by atoms with Crippen LogP contribution >= 0.6 is 22.9 Å². The number of esters is 1. The second-order valence-corrected chi connectivity index (χ2v) is 10.3. The fraction of sp³-hybridized carbons (Fsp3) is 0.458. The number of hydrogen-bond donors (Lipinski definition) is 2. The lowest BCUT2D eigenvalue weighted by Gasteiger charge is -2.37. The van der Waals surface area contributed by atoms with Crippen LogP contribution in [0.3, 0.4) is 0 Å². The molecule has 10 nitrogen and oxygen atoms in total. The predicted molar refractivity (Wildman–Crippen MR) is 137 cm³/mol. The van der Waals surface area contributed by atoms with Crippen molar-refractivity contribution in [2.45, 2.75) is 51.4 Å². The van der Waals surface area contributed by atoms with Crippen molar-refractivity contribution in [3.63, 3.8) is 0 Å². The molecule has 2 unspecified atom stereocenters. The van der Waals surface area contributed by atoms with Gasteiger partial charge in [-0.05, 0) is 38.8 Å². The molecule has 1 aromatic carbocycles. The van der Waals surface area contributed by atoms with E-state index in [9.17, 15) is 9.59 Å². The zero-order valence-electron chi connectivity index (χ0n) is 20.6. The molecular weight excluding hydrogens is 504 g/mol. The highest BCUT2D eigenvalue weighted by atomic mass is 35.5. The molecular formula is C24H29ClN6O4S. The highest BCUT2D eigenvalue weighted by Gasteiger charge is 2.35. The molecule has 0 radical (unpaired) electrons. The van der Waals surface area contributed by atoms with E-state index in [0.29, 0.717) is 46.8 Å². The minimum Gasteiger partial charge on any atom is -0.449 e. The van der Waals surface area contributed by atoms with E-state index >= 15 is 0 Å². The number of nitrogens with one attached hydrogen (secondary N) is 2. The summed E-state index contributed by atoms with van der Waals surface area (Å²) in [6.45, 7) is 6.68. The van der Waals surface area contributed by atoms with Crippen molar-refractivity contribution in [1.29, 1.82) is 0 Å². The number of piperidine rings is 1. The Kier molecular flexibility index (Phi) is 7.91. The first-order valence-electron chi connectivity index (χ1n) is 11.7. The summed E-state index contributed by atoms with van der Waals surface area (Å²) < 4.78 is 11.4. The highest BCUT2D eigenvalue weighted by Crippen LogP contribution is 2.33. The summed E-state index contributed by atoms with van der Waals surface area (Å²) in [5.74, 6) is -0.551. The van der Waals surface area contributed by atoms with Crippen molar-refractivity contribution in [3.05, 3.63) is 57.6 Å². The quantitative estimate of drug-likeness (QED) is 0.422. The first kappa shape index (κ1) is 26.1. The molecule has 3 aromatic rings. The number of aryl methyl sites for hydroxylation is 1. The van der Waals surface area contributed by atoms with Gasteiger partial charge in [-0.25, -0.2) is 9.78 Å². The van der Waals surface area contributed by atoms with Crippen LogP contribution in [0.15, 0.2) is 30.3 Å². The molecule has 1 saturated heterocycles. The van der Waals surface area contributed by atoms with Crippen LogP contribution in [0.25, 0.3) is 0 Å². The molecule has 0 aliphatic carbocycles. The molecule has 12 heteroatoms. The molecule has 1 aliphatic rings. The van der Waals surface area contributed by atoms with E-state index in [-0.39, 0.29) is 23.9 Å². The van der Waals surface area contributed by atoms with Gasteiger partial charge in [0, 0.05) is 20.2 Å². The van der Waals surface area contributed by atoms with Gasteiger partial charge in [0.2, 0.25) is 5.13 Å². The van der Waals surface area contributed by atoms with Gasteiger partial charge in [0.15, 0.2) is 21.6 Å². The average Bonchev–Trinajstić information content (AvgIpc) is 3.52. The van der Waals surface area contributed by atoms with Crippen molar-refractivity contribution in [2.75, 3.05) is 25.1 Å². The summed E-state index contributed by atoms with van der Waals surface area (Å²) in [6, 6.07) is 8.63. The molecule has 36 heavy (non-hydrogen) atoms. The smallest absolute Gasteiger partial charge is 0.339 e. The Bertz CT molecular complexity index is 1210. The number of hydrogen-bond acceptors (Lipinski definition) is 9. The number of imidazole rings is 1. The Morgan fingerprint density at radius 2 is 2.03 bits per heavy atom. The number of carbonyl (C=O) groups excluding carboxylic acids is 2. The minimum absolute atomic E-state index is 0.190. The Morgan fingerprint density at radius 1 is 1.28 bits per heavy atom. The Balaban J connectivity index is 1.39. The highest BCUT2D eigenvalue weighted by molar-refractivity contribution is 7.15. The van der Waals surface area contributed by atoms with Crippen LogP contribution in [0.2, 0.25) is 5.15 Å². The first-order chi connectivity index (χ1) is 17.2. The Hall–Kier alpha value is -3.02. The number of ether oxygens (including phenoxy) is 2. The second-order valence-electron chi connectivity index (χ2n) is 8.95. The van der Waals surface area contributed by atoms with Crippen LogP contribution in [0.5, 0.6) is 0 Å². The van der Waals surface area contributed by atoms with Crippen LogP contribution in [-0.4, -0.2) is 64.4 Å². The number of H-pyrrole nitrogens is 1. The molecule has 0 spiro atoms. The zero-order valence-corrected chi connectivity index (χ0v) is 22.2. The van der Waals surface area contributed by atoms with Gasteiger partial charge in [0.25, 0.3) is 5.91 Å². The van der Waals surface area contributed by atoms with Gasteiger partial charge in [0.1, 0.15) is 0 Å². The third-order valence-electron chi connectivity index (χ3n) is 6.03. The van der Waals surface area contributed by atoms with E-state index in [0.717, 1.165) is 5.69 Å². The Labute approximate surface area is 218 Å². The molecule has 1 aliphatic heterocycles. The number of methoxy groups -OCH3 is 1. The van der Waals surface area contributed by atoms with Gasteiger partial charge in [-0.2, -0.15) is 0 Å². The van der Waals surface area contributed by atoms with Crippen molar-refractivity contribution in [1.82, 2.24) is 25.5 Å². The maximum Gasteiger partial charge on any atom is 0.339 e. The van der Waals surface area contributed by atoms with E-state index in [1.807, 2.05) is 13.0 Å². The predicted octanol–water partition coefficient (Wildman–Crippen LogP) is 3.59. The summed E-state index contributed by atoms with van der Waals surface area (Å²) in [5, 5.41) is 13.2. The molecule has 1 amide bonds. The summed E-state index contributed by atoms with van der Waals surface area (Å²) in [4.78, 5) is 34.4. The molecule has 2 N–H and O–H groups in total. The topological polar surface area (TPSA) is 122 Å². The Morgan fingerprint density at radius 3 is 2.69 bits per heavy atom. The zero-order chi connectivity index (χ0) is 25.9. The van der Waals surface area contributed by atoms with E-state index < -0.39 is 11.6 Å². The van der Waals surface area contributed by atoms with Crippen molar-refractivity contribution in [2.24, 2.45) is 0 Å². The molecule has 4 rings (SSSR count). The average molecular weight is 533 g/mol. The number of anilines is 1. The van der Waals surface area contributed by atoms with Crippen LogP contribution in [0.4, 0.5) is 5.13 Å². The van der Waals surface area contributed by atoms with Gasteiger partial charge in [-0.3, -0.25) is 4.79 Å². The van der Waals surface area contributed by atoms with Gasteiger partial charge in [-0.1, -0.05) is 48.1 Å². The fourth-order valence-corrected chi connectivity index (χ4v) is 5.14. The number of carbonyl (C=O) groups is 2. The molecule has 3 heterocycles.